The minimum absolute atomic E-state index is 0.802. The Bertz CT molecular complexity index is 225. The Hall–Kier alpha value is -0.0800. The first-order valence-corrected chi connectivity index (χ1v) is 8.29. The summed E-state index contributed by atoms with van der Waals surface area (Å²) >= 11 is 0. The summed E-state index contributed by atoms with van der Waals surface area (Å²) in [7, 11) is 0. The van der Waals surface area contributed by atoms with E-state index in [0.717, 1.165) is 17.9 Å². The van der Waals surface area contributed by atoms with Crippen LogP contribution in [-0.2, 0) is 0 Å². The van der Waals surface area contributed by atoms with E-state index in [9.17, 15) is 0 Å². The second kappa shape index (κ2) is 7.49. The van der Waals surface area contributed by atoms with Crippen LogP contribution in [0, 0.1) is 11.8 Å². The fraction of sp³-hybridized carbons (Fsp3) is 1.00. The Morgan fingerprint density at radius 1 is 1.28 bits per heavy atom. The van der Waals surface area contributed by atoms with Crippen LogP contribution in [0.5, 0.6) is 0 Å². The molecule has 1 N–H and O–H groups in total. The van der Waals surface area contributed by atoms with Crippen molar-refractivity contribution >= 4 is 0 Å². The highest BCUT2D eigenvalue weighted by Crippen LogP contribution is 2.33. The molecule has 0 amide bonds. The lowest BCUT2D eigenvalue weighted by Crippen LogP contribution is -2.40. The van der Waals surface area contributed by atoms with Gasteiger partial charge in [0, 0.05) is 19.1 Å². The summed E-state index contributed by atoms with van der Waals surface area (Å²) < 4.78 is 0. The molecule has 2 nitrogen and oxygen atoms in total. The van der Waals surface area contributed by atoms with Gasteiger partial charge in [-0.05, 0) is 50.6 Å². The molecule has 2 aliphatic rings. The summed E-state index contributed by atoms with van der Waals surface area (Å²) in [5.74, 6) is 1.93. The van der Waals surface area contributed by atoms with Crippen molar-refractivity contribution in [2.24, 2.45) is 11.8 Å². The fourth-order valence-electron chi connectivity index (χ4n) is 3.29. The summed E-state index contributed by atoms with van der Waals surface area (Å²) in [5.41, 5.74) is 0. The van der Waals surface area contributed by atoms with E-state index >= 15 is 0 Å². The third kappa shape index (κ3) is 4.55. The Kier molecular flexibility index (Phi) is 5.97. The van der Waals surface area contributed by atoms with E-state index in [1.165, 1.54) is 71.1 Å². The lowest BCUT2D eigenvalue weighted by atomic mass is 9.98. The van der Waals surface area contributed by atoms with E-state index in [0.29, 0.717) is 0 Å². The van der Waals surface area contributed by atoms with Gasteiger partial charge in [0.15, 0.2) is 0 Å². The van der Waals surface area contributed by atoms with Gasteiger partial charge in [-0.25, -0.2) is 0 Å². The topological polar surface area (TPSA) is 15.3 Å². The molecule has 1 saturated heterocycles. The molecule has 0 aromatic heterocycles. The molecule has 2 rings (SSSR count). The van der Waals surface area contributed by atoms with Crippen LogP contribution in [-0.4, -0.2) is 37.1 Å². The van der Waals surface area contributed by atoms with Crippen molar-refractivity contribution in [3.8, 4) is 0 Å². The van der Waals surface area contributed by atoms with Gasteiger partial charge in [0.2, 0.25) is 0 Å². The van der Waals surface area contributed by atoms with E-state index in [-0.39, 0.29) is 0 Å². The lowest BCUT2D eigenvalue weighted by Gasteiger charge is -2.28. The molecule has 0 aromatic carbocycles. The van der Waals surface area contributed by atoms with E-state index in [2.05, 4.69) is 24.1 Å². The van der Waals surface area contributed by atoms with Crippen LogP contribution in [0.1, 0.15) is 58.8 Å². The largest absolute Gasteiger partial charge is 0.312 e. The van der Waals surface area contributed by atoms with Crippen LogP contribution in [0.2, 0.25) is 0 Å². The molecule has 0 bridgehead atoms. The van der Waals surface area contributed by atoms with Crippen LogP contribution in [0.15, 0.2) is 0 Å². The zero-order chi connectivity index (χ0) is 12.8. The van der Waals surface area contributed by atoms with Gasteiger partial charge < -0.3 is 10.2 Å². The molecule has 2 fully saturated rings. The Morgan fingerprint density at radius 2 is 2.11 bits per heavy atom. The molecule has 0 radical (unpaired) electrons. The Labute approximate surface area is 114 Å². The van der Waals surface area contributed by atoms with Gasteiger partial charge in [0.25, 0.3) is 0 Å². The third-order valence-corrected chi connectivity index (χ3v) is 4.76. The van der Waals surface area contributed by atoms with Crippen molar-refractivity contribution in [3.05, 3.63) is 0 Å². The van der Waals surface area contributed by atoms with Crippen molar-refractivity contribution in [1.29, 1.82) is 0 Å². The summed E-state index contributed by atoms with van der Waals surface area (Å²) in [6.07, 6.45) is 9.84. The predicted molar refractivity (Wildman–Crippen MR) is 78.9 cm³/mol. The highest BCUT2D eigenvalue weighted by atomic mass is 15.2. The third-order valence-electron chi connectivity index (χ3n) is 4.76. The number of rotatable bonds is 7. The molecule has 2 atom stereocenters. The molecule has 1 aliphatic carbocycles. The molecule has 106 valence electrons. The summed E-state index contributed by atoms with van der Waals surface area (Å²) in [6, 6.07) is 0.802. The van der Waals surface area contributed by atoms with E-state index in [4.69, 9.17) is 0 Å². The number of unbranched alkanes of at least 4 members (excludes halogenated alkanes) is 1. The van der Waals surface area contributed by atoms with Crippen LogP contribution in [0.3, 0.4) is 0 Å². The molecule has 0 spiro atoms. The minimum atomic E-state index is 0.802. The smallest absolute Gasteiger partial charge is 0.0223 e. The van der Waals surface area contributed by atoms with Crippen LogP contribution < -0.4 is 5.32 Å². The molecule has 2 heteroatoms. The van der Waals surface area contributed by atoms with Crippen molar-refractivity contribution in [1.82, 2.24) is 10.2 Å². The van der Waals surface area contributed by atoms with E-state index in [1.807, 2.05) is 0 Å². The van der Waals surface area contributed by atoms with Gasteiger partial charge >= 0.3 is 0 Å². The maximum absolute atomic E-state index is 3.77. The molecule has 2 unspecified atom stereocenters. The van der Waals surface area contributed by atoms with E-state index < -0.39 is 0 Å². The van der Waals surface area contributed by atoms with Gasteiger partial charge in [-0.3, -0.25) is 0 Å². The molecule has 1 saturated carbocycles. The standard InChI is InChI=1S/C16H32N2/c1-3-5-7-14(4-2)12-18-11-6-10-17-16(13-18)15-8-9-15/h14-17H,3-13H2,1-2H3. The fourth-order valence-corrected chi connectivity index (χ4v) is 3.29. The molecule has 1 aliphatic heterocycles. The summed E-state index contributed by atoms with van der Waals surface area (Å²) in [4.78, 5) is 2.76. The molecular formula is C16H32N2. The normalized spacial score (nSPS) is 28.0. The summed E-state index contributed by atoms with van der Waals surface area (Å²) in [6.45, 7) is 9.90. The second-order valence-corrected chi connectivity index (χ2v) is 6.43. The van der Waals surface area contributed by atoms with Gasteiger partial charge in [-0.2, -0.15) is 0 Å². The van der Waals surface area contributed by atoms with Gasteiger partial charge in [0.05, 0.1) is 0 Å². The average Bonchev–Trinajstić information content (AvgIpc) is 3.20. The quantitative estimate of drug-likeness (QED) is 0.748. The molecular weight excluding hydrogens is 220 g/mol. The summed E-state index contributed by atoms with van der Waals surface area (Å²) in [5, 5.41) is 3.77. The Balaban J connectivity index is 1.77. The SMILES string of the molecule is CCCCC(CC)CN1CCCNC(C2CC2)C1. The number of hydrogen-bond acceptors (Lipinski definition) is 2. The first-order valence-electron chi connectivity index (χ1n) is 8.29. The van der Waals surface area contributed by atoms with Crippen LogP contribution >= 0.6 is 0 Å². The monoisotopic (exact) mass is 252 g/mol. The van der Waals surface area contributed by atoms with Crippen molar-refractivity contribution in [3.63, 3.8) is 0 Å². The minimum Gasteiger partial charge on any atom is -0.312 e. The van der Waals surface area contributed by atoms with Crippen molar-refractivity contribution < 1.29 is 0 Å². The number of nitrogens with one attached hydrogen (secondary N) is 1. The van der Waals surface area contributed by atoms with Crippen molar-refractivity contribution in [2.45, 2.75) is 64.8 Å². The molecule has 0 aromatic rings. The van der Waals surface area contributed by atoms with Crippen molar-refractivity contribution in [2.75, 3.05) is 26.2 Å². The zero-order valence-corrected chi connectivity index (χ0v) is 12.5. The van der Waals surface area contributed by atoms with Gasteiger partial charge in [0.1, 0.15) is 0 Å². The predicted octanol–water partition coefficient (Wildman–Crippen LogP) is 3.28. The van der Waals surface area contributed by atoms with Gasteiger partial charge in [-0.15, -0.1) is 0 Å². The maximum Gasteiger partial charge on any atom is 0.0223 e. The average molecular weight is 252 g/mol. The molecule has 18 heavy (non-hydrogen) atoms. The van der Waals surface area contributed by atoms with E-state index in [1.54, 1.807) is 0 Å². The second-order valence-electron chi connectivity index (χ2n) is 6.43. The lowest BCUT2D eigenvalue weighted by molar-refractivity contribution is 0.210. The maximum atomic E-state index is 3.77. The number of nitrogens with zero attached hydrogens (tertiary/aromatic N) is 1. The highest BCUT2D eigenvalue weighted by molar-refractivity contribution is 4.90. The Morgan fingerprint density at radius 3 is 2.78 bits per heavy atom. The van der Waals surface area contributed by atoms with Crippen LogP contribution in [0.4, 0.5) is 0 Å². The first-order chi connectivity index (χ1) is 8.83. The van der Waals surface area contributed by atoms with Gasteiger partial charge in [-0.1, -0.05) is 33.1 Å². The number of hydrogen-bond donors (Lipinski definition) is 1. The molecule has 1 heterocycles. The van der Waals surface area contributed by atoms with Crippen LogP contribution in [0.25, 0.3) is 0 Å². The highest BCUT2D eigenvalue weighted by Gasteiger charge is 2.33. The first kappa shape index (κ1) is 14.3. The zero-order valence-electron chi connectivity index (χ0n) is 12.5.